The summed E-state index contributed by atoms with van der Waals surface area (Å²) in [6.45, 7) is 1.63. The SMILES string of the molecule is C[C@H](C(=O)O)N(C(=O)OCC1c2ccccc2-c2ccccc21)c1csc2ccccc12. The van der Waals surface area contributed by atoms with Crippen molar-refractivity contribution >= 4 is 39.2 Å². The Morgan fingerprint density at radius 2 is 1.56 bits per heavy atom. The van der Waals surface area contributed by atoms with E-state index in [4.69, 9.17) is 4.74 Å². The summed E-state index contributed by atoms with van der Waals surface area (Å²) in [5.74, 6) is -1.18. The van der Waals surface area contributed by atoms with E-state index in [9.17, 15) is 14.7 Å². The van der Waals surface area contributed by atoms with E-state index in [1.807, 2.05) is 53.9 Å². The molecule has 32 heavy (non-hydrogen) atoms. The maximum absolute atomic E-state index is 13.3. The molecule has 0 spiro atoms. The van der Waals surface area contributed by atoms with Crippen molar-refractivity contribution in [2.75, 3.05) is 11.5 Å². The predicted molar refractivity (Wildman–Crippen MR) is 126 cm³/mol. The van der Waals surface area contributed by atoms with Crippen LogP contribution in [0, 0.1) is 0 Å². The summed E-state index contributed by atoms with van der Waals surface area (Å²) in [6.07, 6.45) is -0.662. The number of rotatable bonds is 5. The molecule has 0 radical (unpaired) electrons. The molecule has 0 saturated carbocycles. The minimum Gasteiger partial charge on any atom is -0.480 e. The Hall–Kier alpha value is -3.64. The summed E-state index contributed by atoms with van der Waals surface area (Å²) in [5, 5.41) is 12.3. The lowest BCUT2D eigenvalue weighted by Crippen LogP contribution is -2.44. The molecular formula is C26H21NO4S. The van der Waals surface area contributed by atoms with Crippen LogP contribution in [0.2, 0.25) is 0 Å². The average molecular weight is 444 g/mol. The lowest BCUT2D eigenvalue weighted by Gasteiger charge is -2.26. The quantitative estimate of drug-likeness (QED) is 0.403. The maximum Gasteiger partial charge on any atom is 0.415 e. The van der Waals surface area contributed by atoms with Crippen molar-refractivity contribution < 1.29 is 19.4 Å². The van der Waals surface area contributed by atoms with Crippen LogP contribution in [0.5, 0.6) is 0 Å². The molecule has 3 aromatic carbocycles. The minimum atomic E-state index is -1.09. The number of fused-ring (bicyclic) bond motifs is 4. The van der Waals surface area contributed by atoms with Crippen LogP contribution in [-0.4, -0.2) is 29.8 Å². The van der Waals surface area contributed by atoms with E-state index < -0.39 is 18.1 Å². The van der Waals surface area contributed by atoms with Crippen LogP contribution in [0.25, 0.3) is 21.2 Å². The Kier molecular flexibility index (Phi) is 5.15. The number of nitrogens with zero attached hydrogens (tertiary/aromatic N) is 1. The van der Waals surface area contributed by atoms with Crippen molar-refractivity contribution in [3.63, 3.8) is 0 Å². The van der Waals surface area contributed by atoms with E-state index >= 15 is 0 Å². The molecule has 0 bridgehead atoms. The highest BCUT2D eigenvalue weighted by Gasteiger charge is 2.33. The number of thiophene rings is 1. The van der Waals surface area contributed by atoms with Crippen LogP contribution in [-0.2, 0) is 9.53 Å². The molecule has 1 amide bonds. The van der Waals surface area contributed by atoms with Gasteiger partial charge in [-0.15, -0.1) is 11.3 Å². The molecule has 5 nitrogen and oxygen atoms in total. The van der Waals surface area contributed by atoms with Gasteiger partial charge in [-0.05, 0) is 35.2 Å². The summed E-state index contributed by atoms with van der Waals surface area (Å²) in [4.78, 5) is 26.3. The summed E-state index contributed by atoms with van der Waals surface area (Å²) >= 11 is 1.47. The molecule has 1 aromatic heterocycles. The molecule has 0 fully saturated rings. The third-order valence-electron chi connectivity index (χ3n) is 6.00. The van der Waals surface area contributed by atoms with Gasteiger partial charge in [0.15, 0.2) is 0 Å². The summed E-state index contributed by atoms with van der Waals surface area (Å²) in [6, 6.07) is 22.8. The van der Waals surface area contributed by atoms with Crippen molar-refractivity contribution in [2.45, 2.75) is 18.9 Å². The third kappa shape index (κ3) is 3.33. The zero-order valence-electron chi connectivity index (χ0n) is 17.4. The molecule has 6 heteroatoms. The average Bonchev–Trinajstić information content (AvgIpc) is 3.37. The fourth-order valence-electron chi connectivity index (χ4n) is 4.39. The van der Waals surface area contributed by atoms with Crippen molar-refractivity contribution in [2.24, 2.45) is 0 Å². The molecule has 1 heterocycles. The zero-order valence-corrected chi connectivity index (χ0v) is 18.2. The first-order chi connectivity index (χ1) is 15.6. The summed E-state index contributed by atoms with van der Waals surface area (Å²) in [7, 11) is 0. The lowest BCUT2D eigenvalue weighted by atomic mass is 9.98. The maximum atomic E-state index is 13.3. The molecule has 1 aliphatic rings. The monoisotopic (exact) mass is 443 g/mol. The van der Waals surface area contributed by atoms with E-state index in [0.717, 1.165) is 32.3 Å². The van der Waals surface area contributed by atoms with Gasteiger partial charge >= 0.3 is 12.1 Å². The van der Waals surface area contributed by atoms with Crippen molar-refractivity contribution in [1.82, 2.24) is 0 Å². The Morgan fingerprint density at radius 1 is 0.969 bits per heavy atom. The second kappa shape index (κ2) is 8.13. The van der Waals surface area contributed by atoms with Crippen LogP contribution in [0.1, 0.15) is 24.0 Å². The fraction of sp³-hybridized carbons (Fsp3) is 0.154. The van der Waals surface area contributed by atoms with Gasteiger partial charge in [0.2, 0.25) is 0 Å². The minimum absolute atomic E-state index is 0.0902. The number of ether oxygens (including phenoxy) is 1. The van der Waals surface area contributed by atoms with Gasteiger partial charge in [0.1, 0.15) is 12.6 Å². The highest BCUT2D eigenvalue weighted by Crippen LogP contribution is 2.44. The number of carboxylic acids is 1. The molecule has 5 rings (SSSR count). The molecule has 0 unspecified atom stereocenters. The first-order valence-corrected chi connectivity index (χ1v) is 11.3. The fourth-order valence-corrected chi connectivity index (χ4v) is 5.33. The number of aliphatic carboxylic acids is 1. The highest BCUT2D eigenvalue weighted by atomic mass is 32.1. The van der Waals surface area contributed by atoms with E-state index in [0.29, 0.717) is 5.69 Å². The number of carboxylic acid groups (broad SMARTS) is 1. The molecule has 4 aromatic rings. The summed E-state index contributed by atoms with van der Waals surface area (Å²) in [5.41, 5.74) is 5.06. The standard InChI is InChI=1S/C26H21NO4S/c1-16(25(28)29)27(23-15-32-24-13-7-6-12-21(23)24)26(30)31-14-22-19-10-4-2-8-17(19)18-9-3-5-11-20(18)22/h2-13,15-16,22H,14H2,1H3,(H,28,29)/t16-/m1/s1. The van der Waals surface area contributed by atoms with Gasteiger partial charge < -0.3 is 9.84 Å². The number of carbonyl (C=O) groups is 2. The Bertz CT molecular complexity index is 1280. The molecule has 1 aliphatic carbocycles. The highest BCUT2D eigenvalue weighted by molar-refractivity contribution is 7.17. The smallest absolute Gasteiger partial charge is 0.415 e. The third-order valence-corrected chi connectivity index (χ3v) is 6.95. The van der Waals surface area contributed by atoms with Crippen LogP contribution in [0.3, 0.4) is 0 Å². The van der Waals surface area contributed by atoms with Gasteiger partial charge in [-0.3, -0.25) is 4.90 Å². The number of hydrogen-bond donors (Lipinski definition) is 1. The van der Waals surface area contributed by atoms with E-state index in [1.54, 1.807) is 0 Å². The van der Waals surface area contributed by atoms with Gasteiger partial charge in [-0.1, -0.05) is 66.7 Å². The zero-order chi connectivity index (χ0) is 22.2. The van der Waals surface area contributed by atoms with Crippen LogP contribution < -0.4 is 4.90 Å². The molecule has 1 N–H and O–H groups in total. The molecular weight excluding hydrogens is 422 g/mol. The first kappa shape index (κ1) is 20.3. The van der Waals surface area contributed by atoms with Crippen LogP contribution in [0.4, 0.5) is 10.5 Å². The lowest BCUT2D eigenvalue weighted by molar-refractivity contribution is -0.138. The van der Waals surface area contributed by atoms with Gasteiger partial charge in [0, 0.05) is 21.4 Å². The number of anilines is 1. The second-order valence-electron chi connectivity index (χ2n) is 7.81. The van der Waals surface area contributed by atoms with Crippen LogP contribution >= 0.6 is 11.3 Å². The van der Waals surface area contributed by atoms with Crippen molar-refractivity contribution in [1.29, 1.82) is 0 Å². The Morgan fingerprint density at radius 3 is 2.22 bits per heavy atom. The molecule has 0 saturated heterocycles. The van der Waals surface area contributed by atoms with Gasteiger partial charge in [-0.2, -0.15) is 0 Å². The number of carbonyl (C=O) groups excluding carboxylic acids is 1. The van der Waals surface area contributed by atoms with E-state index in [1.165, 1.54) is 23.2 Å². The van der Waals surface area contributed by atoms with Gasteiger partial charge in [0.05, 0.1) is 5.69 Å². The molecule has 0 aliphatic heterocycles. The predicted octanol–water partition coefficient (Wildman–Crippen LogP) is 6.13. The number of amides is 1. The Labute approximate surface area is 189 Å². The number of hydrogen-bond acceptors (Lipinski definition) is 4. The first-order valence-electron chi connectivity index (χ1n) is 10.4. The van der Waals surface area contributed by atoms with E-state index in [-0.39, 0.29) is 12.5 Å². The van der Waals surface area contributed by atoms with Gasteiger partial charge in [0.25, 0.3) is 0 Å². The van der Waals surface area contributed by atoms with E-state index in [2.05, 4.69) is 24.3 Å². The summed E-state index contributed by atoms with van der Waals surface area (Å²) < 4.78 is 6.76. The normalized spacial score (nSPS) is 13.4. The Balaban J connectivity index is 1.46. The van der Waals surface area contributed by atoms with Crippen molar-refractivity contribution in [3.05, 3.63) is 89.3 Å². The van der Waals surface area contributed by atoms with Crippen LogP contribution in [0.15, 0.2) is 78.2 Å². The molecule has 1 atom stereocenters. The van der Waals surface area contributed by atoms with Gasteiger partial charge in [-0.25, -0.2) is 9.59 Å². The molecule has 160 valence electrons. The van der Waals surface area contributed by atoms with Crippen molar-refractivity contribution in [3.8, 4) is 11.1 Å². The topological polar surface area (TPSA) is 66.8 Å². The largest absolute Gasteiger partial charge is 0.480 e. The second-order valence-corrected chi connectivity index (χ2v) is 8.72. The number of benzene rings is 3.